The largest absolute Gasteiger partial charge is 0.469 e. The Labute approximate surface area is 99.8 Å². The number of carbonyl (C=O) groups excluding carboxylic acids is 2. The second-order valence-electron chi connectivity index (χ2n) is 3.50. The lowest BCUT2D eigenvalue weighted by atomic mass is 9.94. The van der Waals surface area contributed by atoms with Crippen LogP contribution in [0.3, 0.4) is 0 Å². The number of aryl methyl sites for hydroxylation is 1. The van der Waals surface area contributed by atoms with Crippen molar-refractivity contribution in [2.75, 3.05) is 7.11 Å². The lowest BCUT2D eigenvalue weighted by Crippen LogP contribution is -2.10. The molecule has 1 rings (SSSR count). The van der Waals surface area contributed by atoms with Gasteiger partial charge in [-0.25, -0.2) is 0 Å². The number of nitrogens with zero attached hydrogens (tertiary/aromatic N) is 1. The Kier molecular flexibility index (Phi) is 4.41. The van der Waals surface area contributed by atoms with E-state index in [9.17, 15) is 9.59 Å². The highest BCUT2D eigenvalue weighted by Gasteiger charge is 2.15. The van der Waals surface area contributed by atoms with Crippen molar-refractivity contribution in [1.29, 1.82) is 5.26 Å². The average Bonchev–Trinajstić information content (AvgIpc) is 2.37. The minimum atomic E-state index is -0.460. The molecule has 0 aliphatic rings. The summed E-state index contributed by atoms with van der Waals surface area (Å²) in [7, 11) is 1.28. The van der Waals surface area contributed by atoms with Crippen molar-refractivity contribution in [3.8, 4) is 6.07 Å². The van der Waals surface area contributed by atoms with Gasteiger partial charge in [0.1, 0.15) is 6.29 Å². The zero-order chi connectivity index (χ0) is 12.8. The molecule has 0 spiro atoms. The summed E-state index contributed by atoms with van der Waals surface area (Å²) in [5.74, 6) is -0.460. The van der Waals surface area contributed by atoms with E-state index in [4.69, 9.17) is 5.26 Å². The molecule has 0 atom stereocenters. The second kappa shape index (κ2) is 5.80. The van der Waals surface area contributed by atoms with E-state index in [1.807, 2.05) is 6.92 Å². The topological polar surface area (TPSA) is 67.2 Å². The molecule has 1 aromatic rings. The van der Waals surface area contributed by atoms with Gasteiger partial charge in [-0.1, -0.05) is 19.1 Å². The van der Waals surface area contributed by atoms with Gasteiger partial charge in [-0.3, -0.25) is 9.59 Å². The number of methoxy groups -OCH3 is 1. The van der Waals surface area contributed by atoms with E-state index in [0.29, 0.717) is 29.4 Å². The second-order valence-corrected chi connectivity index (χ2v) is 3.50. The first-order valence-electron chi connectivity index (χ1n) is 5.24. The Morgan fingerprint density at radius 1 is 1.53 bits per heavy atom. The molecule has 0 aromatic heterocycles. The van der Waals surface area contributed by atoms with E-state index in [1.165, 1.54) is 7.11 Å². The summed E-state index contributed by atoms with van der Waals surface area (Å²) in [5.41, 5.74) is 2.05. The van der Waals surface area contributed by atoms with Crippen LogP contribution in [0.25, 0.3) is 0 Å². The van der Waals surface area contributed by atoms with E-state index < -0.39 is 5.97 Å². The first-order chi connectivity index (χ1) is 8.17. The van der Waals surface area contributed by atoms with Gasteiger partial charge >= 0.3 is 5.97 Å². The van der Waals surface area contributed by atoms with Crippen molar-refractivity contribution in [3.05, 3.63) is 34.4 Å². The Morgan fingerprint density at radius 2 is 2.24 bits per heavy atom. The van der Waals surface area contributed by atoms with Crippen LogP contribution in [0.5, 0.6) is 0 Å². The van der Waals surface area contributed by atoms with Crippen molar-refractivity contribution in [2.24, 2.45) is 0 Å². The van der Waals surface area contributed by atoms with E-state index in [0.717, 1.165) is 5.56 Å². The van der Waals surface area contributed by atoms with Gasteiger partial charge < -0.3 is 4.74 Å². The molecule has 4 heteroatoms. The zero-order valence-corrected chi connectivity index (χ0v) is 9.82. The molecule has 0 saturated carbocycles. The van der Waals surface area contributed by atoms with E-state index >= 15 is 0 Å². The Morgan fingerprint density at radius 3 is 2.71 bits per heavy atom. The maximum Gasteiger partial charge on any atom is 0.310 e. The predicted molar refractivity (Wildman–Crippen MR) is 61.6 cm³/mol. The van der Waals surface area contributed by atoms with Gasteiger partial charge in [0.25, 0.3) is 0 Å². The van der Waals surface area contributed by atoms with Crippen LogP contribution in [0.2, 0.25) is 0 Å². The smallest absolute Gasteiger partial charge is 0.310 e. The van der Waals surface area contributed by atoms with Gasteiger partial charge in [-0.2, -0.15) is 5.26 Å². The summed E-state index contributed by atoms with van der Waals surface area (Å²) in [6.45, 7) is 1.92. The highest BCUT2D eigenvalue weighted by molar-refractivity contribution is 5.83. The van der Waals surface area contributed by atoms with Crippen LogP contribution in [0.15, 0.2) is 12.1 Å². The van der Waals surface area contributed by atoms with Crippen molar-refractivity contribution < 1.29 is 14.3 Å². The first kappa shape index (κ1) is 12.9. The van der Waals surface area contributed by atoms with Crippen molar-refractivity contribution in [1.82, 2.24) is 0 Å². The summed E-state index contributed by atoms with van der Waals surface area (Å²) in [5, 5.41) is 9.12. The normalized spacial score (nSPS) is 9.47. The van der Waals surface area contributed by atoms with Crippen molar-refractivity contribution >= 4 is 12.3 Å². The fourth-order valence-electron chi connectivity index (χ4n) is 1.66. The number of nitriles is 1. The number of hydrogen-bond acceptors (Lipinski definition) is 4. The SMILES string of the molecule is CCc1ccc(C=O)c(CC(=O)OC)c1C#N. The van der Waals surface area contributed by atoms with Crippen molar-refractivity contribution in [2.45, 2.75) is 19.8 Å². The predicted octanol–water partition coefficient (Wildman–Crippen LogP) is 1.65. The monoisotopic (exact) mass is 231 g/mol. The summed E-state index contributed by atoms with van der Waals surface area (Å²) >= 11 is 0. The quantitative estimate of drug-likeness (QED) is 0.583. The summed E-state index contributed by atoms with van der Waals surface area (Å²) in [4.78, 5) is 22.2. The molecule has 0 heterocycles. The van der Waals surface area contributed by atoms with Gasteiger partial charge in [-0.05, 0) is 17.5 Å². The molecule has 0 unspecified atom stereocenters. The minimum absolute atomic E-state index is 0.0543. The van der Waals surface area contributed by atoms with Crippen molar-refractivity contribution in [3.63, 3.8) is 0 Å². The molecule has 0 radical (unpaired) electrons. The van der Waals surface area contributed by atoms with Gasteiger partial charge in [-0.15, -0.1) is 0 Å². The van der Waals surface area contributed by atoms with Crippen LogP contribution in [0.1, 0.15) is 34.0 Å². The van der Waals surface area contributed by atoms with E-state index in [-0.39, 0.29) is 6.42 Å². The Balaban J connectivity index is 3.36. The van der Waals surface area contributed by atoms with Gasteiger partial charge in [0.15, 0.2) is 0 Å². The van der Waals surface area contributed by atoms with Crippen LogP contribution in [-0.2, 0) is 22.4 Å². The molecular formula is C13H13NO3. The minimum Gasteiger partial charge on any atom is -0.469 e. The highest BCUT2D eigenvalue weighted by atomic mass is 16.5. The summed E-state index contributed by atoms with van der Waals surface area (Å²) < 4.78 is 4.56. The van der Waals surface area contributed by atoms with E-state index in [2.05, 4.69) is 10.8 Å². The molecule has 0 fully saturated rings. The van der Waals surface area contributed by atoms with Gasteiger partial charge in [0.05, 0.1) is 25.2 Å². The molecule has 88 valence electrons. The average molecular weight is 231 g/mol. The number of esters is 1. The molecule has 0 aliphatic heterocycles. The van der Waals surface area contributed by atoms with Crippen LogP contribution in [0, 0.1) is 11.3 Å². The van der Waals surface area contributed by atoms with Crippen LogP contribution in [-0.4, -0.2) is 19.4 Å². The number of benzene rings is 1. The molecule has 0 aliphatic carbocycles. The number of hydrogen-bond donors (Lipinski definition) is 0. The van der Waals surface area contributed by atoms with Crippen LogP contribution < -0.4 is 0 Å². The maximum atomic E-state index is 11.3. The Hall–Kier alpha value is -2.15. The number of ether oxygens (including phenoxy) is 1. The number of aldehydes is 1. The number of carbonyl (C=O) groups is 2. The third-order valence-corrected chi connectivity index (χ3v) is 2.60. The maximum absolute atomic E-state index is 11.3. The van der Waals surface area contributed by atoms with E-state index in [1.54, 1.807) is 12.1 Å². The third-order valence-electron chi connectivity index (χ3n) is 2.60. The molecule has 17 heavy (non-hydrogen) atoms. The molecule has 0 amide bonds. The van der Waals surface area contributed by atoms with Crippen LogP contribution >= 0.6 is 0 Å². The lowest BCUT2D eigenvalue weighted by Gasteiger charge is -2.09. The standard InChI is InChI=1S/C13H13NO3/c1-3-9-4-5-10(8-15)11(12(9)7-14)6-13(16)17-2/h4-5,8H,3,6H2,1-2H3. The first-order valence-corrected chi connectivity index (χ1v) is 5.24. The Bertz CT molecular complexity index is 486. The summed E-state index contributed by atoms with van der Waals surface area (Å²) in [6.07, 6.45) is 1.27. The number of rotatable bonds is 4. The fourth-order valence-corrected chi connectivity index (χ4v) is 1.66. The lowest BCUT2D eigenvalue weighted by molar-refractivity contribution is -0.139. The fraction of sp³-hybridized carbons (Fsp3) is 0.308. The highest BCUT2D eigenvalue weighted by Crippen LogP contribution is 2.19. The molecule has 0 N–H and O–H groups in total. The molecule has 4 nitrogen and oxygen atoms in total. The van der Waals surface area contributed by atoms with Crippen LogP contribution in [0.4, 0.5) is 0 Å². The molecule has 1 aromatic carbocycles. The summed E-state index contributed by atoms with van der Waals surface area (Å²) in [6, 6.07) is 5.42. The molecular weight excluding hydrogens is 218 g/mol. The zero-order valence-electron chi connectivity index (χ0n) is 9.82. The van der Waals surface area contributed by atoms with Gasteiger partial charge in [0, 0.05) is 5.56 Å². The van der Waals surface area contributed by atoms with Gasteiger partial charge in [0.2, 0.25) is 0 Å². The molecule has 0 bridgehead atoms. The third kappa shape index (κ3) is 2.70. The molecule has 0 saturated heterocycles.